The first-order valence-electron chi connectivity index (χ1n) is 6.52. The van der Waals surface area contributed by atoms with Crippen molar-refractivity contribution >= 4 is 12.0 Å². The van der Waals surface area contributed by atoms with Crippen LogP contribution in [0.2, 0.25) is 0 Å². The molecule has 0 radical (unpaired) electrons. The van der Waals surface area contributed by atoms with Crippen molar-refractivity contribution in [1.29, 1.82) is 0 Å². The number of hydrogen-bond donors (Lipinski definition) is 3. The monoisotopic (exact) mass is 280 g/mol. The molecule has 6 nitrogen and oxygen atoms in total. The fourth-order valence-electron chi connectivity index (χ4n) is 1.64. The van der Waals surface area contributed by atoms with Gasteiger partial charge in [0, 0.05) is 19.6 Å². The van der Waals surface area contributed by atoms with Gasteiger partial charge in [-0.2, -0.15) is 0 Å². The summed E-state index contributed by atoms with van der Waals surface area (Å²) in [4.78, 5) is 22.7. The van der Waals surface area contributed by atoms with Crippen LogP contribution in [-0.4, -0.2) is 42.9 Å². The van der Waals surface area contributed by atoms with E-state index in [1.165, 1.54) is 0 Å². The van der Waals surface area contributed by atoms with E-state index in [0.29, 0.717) is 19.8 Å². The highest BCUT2D eigenvalue weighted by Gasteiger charge is 2.19. The van der Waals surface area contributed by atoms with Gasteiger partial charge in [-0.3, -0.25) is 0 Å². The summed E-state index contributed by atoms with van der Waals surface area (Å²) in [7, 11) is 0. The van der Waals surface area contributed by atoms with Crippen molar-refractivity contribution in [2.45, 2.75) is 19.4 Å². The van der Waals surface area contributed by atoms with Crippen LogP contribution in [0.1, 0.15) is 12.5 Å². The van der Waals surface area contributed by atoms with Gasteiger partial charge < -0.3 is 20.5 Å². The molecule has 20 heavy (non-hydrogen) atoms. The molecule has 110 valence electrons. The molecule has 0 saturated heterocycles. The summed E-state index contributed by atoms with van der Waals surface area (Å²) < 4.78 is 5.07. The van der Waals surface area contributed by atoms with Gasteiger partial charge in [-0.15, -0.1) is 0 Å². The lowest BCUT2D eigenvalue weighted by Crippen LogP contribution is -2.47. The minimum absolute atomic E-state index is 0.245. The Hall–Kier alpha value is -2.08. The number of hydrogen-bond acceptors (Lipinski definition) is 3. The molecule has 1 aromatic rings. The van der Waals surface area contributed by atoms with Crippen LogP contribution in [0.15, 0.2) is 30.3 Å². The Bertz CT molecular complexity index is 422. The molecular formula is C14H20N2O4. The Morgan fingerprint density at radius 2 is 2.00 bits per heavy atom. The molecule has 6 heteroatoms. The number of rotatable bonds is 8. The van der Waals surface area contributed by atoms with Gasteiger partial charge in [-0.05, 0) is 12.5 Å². The van der Waals surface area contributed by atoms with E-state index in [0.717, 1.165) is 5.56 Å². The molecule has 2 amide bonds. The van der Waals surface area contributed by atoms with Crippen LogP contribution in [0.5, 0.6) is 0 Å². The van der Waals surface area contributed by atoms with E-state index in [-0.39, 0.29) is 6.42 Å². The molecule has 0 aromatic heterocycles. The number of amides is 2. The molecule has 0 fully saturated rings. The lowest BCUT2D eigenvalue weighted by Gasteiger charge is -2.15. The van der Waals surface area contributed by atoms with Crippen molar-refractivity contribution in [2.75, 3.05) is 19.8 Å². The molecule has 3 N–H and O–H groups in total. The molecule has 0 saturated carbocycles. The van der Waals surface area contributed by atoms with E-state index < -0.39 is 18.0 Å². The largest absolute Gasteiger partial charge is 0.480 e. The zero-order chi connectivity index (χ0) is 14.8. The van der Waals surface area contributed by atoms with E-state index in [4.69, 9.17) is 9.84 Å². The van der Waals surface area contributed by atoms with Gasteiger partial charge in [0.15, 0.2) is 0 Å². The van der Waals surface area contributed by atoms with E-state index in [2.05, 4.69) is 10.6 Å². The van der Waals surface area contributed by atoms with Crippen LogP contribution in [0.4, 0.5) is 4.79 Å². The van der Waals surface area contributed by atoms with Gasteiger partial charge in [-0.1, -0.05) is 30.3 Å². The molecule has 0 unspecified atom stereocenters. The minimum Gasteiger partial charge on any atom is -0.480 e. The molecule has 0 spiro atoms. The third-order valence-electron chi connectivity index (χ3n) is 2.62. The number of carboxylic acid groups (broad SMARTS) is 1. The number of aliphatic carboxylic acids is 1. The van der Waals surface area contributed by atoms with Crippen LogP contribution in [0.25, 0.3) is 0 Å². The summed E-state index contributed by atoms with van der Waals surface area (Å²) in [5, 5.41) is 14.1. The van der Waals surface area contributed by atoms with Crippen molar-refractivity contribution in [3.63, 3.8) is 0 Å². The van der Waals surface area contributed by atoms with Crippen molar-refractivity contribution in [3.8, 4) is 0 Å². The summed E-state index contributed by atoms with van der Waals surface area (Å²) in [5.74, 6) is -1.06. The van der Waals surface area contributed by atoms with Crippen molar-refractivity contribution in [2.24, 2.45) is 0 Å². The minimum atomic E-state index is -1.06. The lowest BCUT2D eigenvalue weighted by molar-refractivity contribution is -0.139. The smallest absolute Gasteiger partial charge is 0.326 e. The Balaban J connectivity index is 2.43. The van der Waals surface area contributed by atoms with Crippen LogP contribution in [0.3, 0.4) is 0 Å². The van der Waals surface area contributed by atoms with Gasteiger partial charge in [0.25, 0.3) is 0 Å². The molecule has 0 bridgehead atoms. The van der Waals surface area contributed by atoms with Crippen LogP contribution < -0.4 is 10.6 Å². The Labute approximate surface area is 118 Å². The highest BCUT2D eigenvalue weighted by molar-refractivity contribution is 5.82. The average molecular weight is 280 g/mol. The summed E-state index contributed by atoms with van der Waals surface area (Å²) in [6, 6.07) is 7.70. The zero-order valence-electron chi connectivity index (χ0n) is 11.5. The molecule has 1 aromatic carbocycles. The van der Waals surface area contributed by atoms with Crippen molar-refractivity contribution < 1.29 is 19.4 Å². The highest BCUT2D eigenvalue weighted by Crippen LogP contribution is 2.03. The summed E-state index contributed by atoms with van der Waals surface area (Å²) >= 11 is 0. The molecule has 0 heterocycles. The molecular weight excluding hydrogens is 260 g/mol. The molecule has 0 aliphatic heterocycles. The van der Waals surface area contributed by atoms with Gasteiger partial charge >= 0.3 is 12.0 Å². The third-order valence-corrected chi connectivity index (χ3v) is 2.62. The summed E-state index contributed by atoms with van der Waals surface area (Å²) in [6.45, 7) is 3.19. The quantitative estimate of drug-likeness (QED) is 0.620. The number of benzene rings is 1. The predicted octanol–water partition coefficient (Wildman–Crippen LogP) is 1.02. The Morgan fingerprint density at radius 1 is 1.30 bits per heavy atom. The molecule has 0 aliphatic rings. The van der Waals surface area contributed by atoms with Crippen LogP contribution in [-0.2, 0) is 16.0 Å². The third kappa shape index (κ3) is 6.19. The summed E-state index contributed by atoms with van der Waals surface area (Å²) in [5.41, 5.74) is 0.856. The predicted molar refractivity (Wildman–Crippen MR) is 74.6 cm³/mol. The van der Waals surface area contributed by atoms with Gasteiger partial charge in [0.2, 0.25) is 0 Å². The number of carboxylic acids is 1. The van der Waals surface area contributed by atoms with E-state index in [1.807, 2.05) is 37.3 Å². The summed E-state index contributed by atoms with van der Waals surface area (Å²) in [6.07, 6.45) is 0.245. The normalized spacial score (nSPS) is 11.7. The topological polar surface area (TPSA) is 87.7 Å². The van der Waals surface area contributed by atoms with Gasteiger partial charge in [0.05, 0.1) is 6.61 Å². The van der Waals surface area contributed by atoms with E-state index >= 15 is 0 Å². The van der Waals surface area contributed by atoms with Crippen LogP contribution in [0, 0.1) is 0 Å². The number of carbonyl (C=O) groups excluding carboxylic acids is 1. The maximum atomic E-state index is 11.6. The van der Waals surface area contributed by atoms with Gasteiger partial charge in [-0.25, -0.2) is 9.59 Å². The molecule has 1 atom stereocenters. The van der Waals surface area contributed by atoms with E-state index in [1.54, 1.807) is 0 Å². The standard InChI is InChI=1S/C14H20N2O4/c1-2-20-9-8-15-14(19)16-12(13(17)18)10-11-6-4-3-5-7-11/h3-7,12H,2,8-10H2,1H3,(H,17,18)(H2,15,16,19)/t12-/m1/s1. The van der Waals surface area contributed by atoms with Crippen molar-refractivity contribution in [1.82, 2.24) is 10.6 Å². The fourth-order valence-corrected chi connectivity index (χ4v) is 1.64. The second-order valence-electron chi connectivity index (χ2n) is 4.18. The Kier molecular flexibility index (Phi) is 7.13. The number of urea groups is 1. The highest BCUT2D eigenvalue weighted by atomic mass is 16.5. The number of carbonyl (C=O) groups is 2. The fraction of sp³-hybridized carbons (Fsp3) is 0.429. The lowest BCUT2D eigenvalue weighted by atomic mass is 10.1. The average Bonchev–Trinajstić information content (AvgIpc) is 2.44. The number of ether oxygens (including phenoxy) is 1. The Morgan fingerprint density at radius 3 is 2.60 bits per heavy atom. The second-order valence-corrected chi connectivity index (χ2v) is 4.18. The van der Waals surface area contributed by atoms with E-state index in [9.17, 15) is 9.59 Å². The van der Waals surface area contributed by atoms with Gasteiger partial charge in [0.1, 0.15) is 6.04 Å². The van der Waals surface area contributed by atoms with Crippen LogP contribution >= 0.6 is 0 Å². The number of nitrogens with one attached hydrogen (secondary N) is 2. The molecule has 1 rings (SSSR count). The first-order valence-corrected chi connectivity index (χ1v) is 6.52. The van der Waals surface area contributed by atoms with Crippen molar-refractivity contribution in [3.05, 3.63) is 35.9 Å². The molecule has 0 aliphatic carbocycles. The first kappa shape index (κ1) is 16.0. The maximum absolute atomic E-state index is 11.6. The maximum Gasteiger partial charge on any atom is 0.326 e. The second kappa shape index (κ2) is 8.92. The SMILES string of the molecule is CCOCCNC(=O)N[C@H](Cc1ccccc1)C(=O)O. The first-order chi connectivity index (χ1) is 9.63. The zero-order valence-corrected chi connectivity index (χ0v) is 11.5.